The summed E-state index contributed by atoms with van der Waals surface area (Å²) >= 11 is 0. The number of aryl methyl sites for hydroxylation is 2. The number of carboxylic acids is 1. The van der Waals surface area contributed by atoms with Gasteiger partial charge >= 0.3 is 5.97 Å². The van der Waals surface area contributed by atoms with Gasteiger partial charge in [0.2, 0.25) is 0 Å². The van der Waals surface area contributed by atoms with Gasteiger partial charge in [-0.25, -0.2) is 0 Å². The number of carboxylic acid groups (broad SMARTS) is 1. The molecule has 1 aromatic carbocycles. The quantitative estimate of drug-likeness (QED) is 0.867. The van der Waals surface area contributed by atoms with Crippen molar-refractivity contribution < 1.29 is 9.90 Å². The van der Waals surface area contributed by atoms with E-state index in [1.165, 1.54) is 16.7 Å². The topological polar surface area (TPSA) is 37.3 Å². The Morgan fingerprint density at radius 2 is 1.95 bits per heavy atom. The van der Waals surface area contributed by atoms with E-state index in [0.717, 1.165) is 6.42 Å². The van der Waals surface area contributed by atoms with Gasteiger partial charge in [-0.3, -0.25) is 4.79 Å². The predicted octanol–water partition coefficient (Wildman–Crippen LogP) is 4.15. The van der Waals surface area contributed by atoms with Gasteiger partial charge in [0.05, 0.1) is 5.92 Å². The molecule has 0 heterocycles. The maximum absolute atomic E-state index is 11.5. The van der Waals surface area contributed by atoms with E-state index in [1.807, 2.05) is 0 Å². The monoisotopic (exact) mass is 260 g/mol. The van der Waals surface area contributed by atoms with Crippen LogP contribution in [0.15, 0.2) is 18.2 Å². The van der Waals surface area contributed by atoms with Gasteiger partial charge in [-0.2, -0.15) is 0 Å². The highest BCUT2D eigenvalue weighted by Crippen LogP contribution is 2.55. The fraction of sp³-hybridized carbons (Fsp3) is 0.588. The lowest BCUT2D eigenvalue weighted by Gasteiger charge is -2.30. The molecular formula is C17H24O2. The predicted molar refractivity (Wildman–Crippen MR) is 77.3 cm³/mol. The molecule has 104 valence electrons. The summed E-state index contributed by atoms with van der Waals surface area (Å²) in [6.07, 6.45) is 0.757. The van der Waals surface area contributed by atoms with E-state index in [2.05, 4.69) is 52.8 Å². The van der Waals surface area contributed by atoms with Crippen LogP contribution in [0.5, 0.6) is 0 Å². The molecule has 0 bridgehead atoms. The number of carbonyl (C=O) groups is 1. The van der Waals surface area contributed by atoms with Crippen LogP contribution in [-0.4, -0.2) is 11.1 Å². The third kappa shape index (κ3) is 2.29. The molecule has 0 aromatic heterocycles. The molecule has 1 aliphatic rings. The van der Waals surface area contributed by atoms with Crippen LogP contribution in [0.3, 0.4) is 0 Å². The fourth-order valence-electron chi connectivity index (χ4n) is 3.65. The number of hydrogen-bond donors (Lipinski definition) is 1. The van der Waals surface area contributed by atoms with Crippen LogP contribution in [0.25, 0.3) is 0 Å². The van der Waals surface area contributed by atoms with Crippen molar-refractivity contribution in [1.82, 2.24) is 0 Å². The lowest BCUT2D eigenvalue weighted by Crippen LogP contribution is -2.29. The van der Waals surface area contributed by atoms with Crippen LogP contribution in [0.1, 0.15) is 49.8 Å². The SMILES string of the molecule is Cc1ccc(C2CC(C(=O)O)C(C)(C)C2C)c(C)c1. The lowest BCUT2D eigenvalue weighted by atomic mass is 9.74. The molecule has 2 rings (SSSR count). The lowest BCUT2D eigenvalue weighted by molar-refractivity contribution is -0.145. The summed E-state index contributed by atoms with van der Waals surface area (Å²) in [7, 11) is 0. The normalized spacial score (nSPS) is 29.4. The molecule has 2 nitrogen and oxygen atoms in total. The van der Waals surface area contributed by atoms with Crippen LogP contribution in [-0.2, 0) is 4.79 Å². The molecule has 3 atom stereocenters. The molecule has 1 aliphatic carbocycles. The Balaban J connectivity index is 2.39. The van der Waals surface area contributed by atoms with Gasteiger partial charge in [-0.1, -0.05) is 44.5 Å². The second kappa shape index (κ2) is 4.66. The van der Waals surface area contributed by atoms with Crippen LogP contribution < -0.4 is 0 Å². The summed E-state index contributed by atoms with van der Waals surface area (Å²) in [5, 5.41) is 9.44. The van der Waals surface area contributed by atoms with Crippen molar-refractivity contribution in [3.05, 3.63) is 34.9 Å². The van der Waals surface area contributed by atoms with Gasteiger partial charge in [-0.15, -0.1) is 0 Å². The number of aliphatic carboxylic acids is 1. The van der Waals surface area contributed by atoms with Crippen molar-refractivity contribution >= 4 is 5.97 Å². The number of hydrogen-bond acceptors (Lipinski definition) is 1. The van der Waals surface area contributed by atoms with Crippen molar-refractivity contribution in [3.63, 3.8) is 0 Å². The summed E-state index contributed by atoms with van der Waals surface area (Å²) in [4.78, 5) is 11.5. The summed E-state index contributed by atoms with van der Waals surface area (Å²) in [6.45, 7) is 10.6. The van der Waals surface area contributed by atoms with Crippen molar-refractivity contribution in [2.24, 2.45) is 17.3 Å². The molecule has 19 heavy (non-hydrogen) atoms. The van der Waals surface area contributed by atoms with Gasteiger partial charge in [0.15, 0.2) is 0 Å². The standard InChI is InChI=1S/C17H24O2/c1-10-6-7-13(11(2)8-10)14-9-15(16(18)19)17(4,5)12(14)3/h6-8,12,14-15H,9H2,1-5H3,(H,18,19). The second-order valence-corrected chi connectivity index (χ2v) is 6.70. The summed E-state index contributed by atoms with van der Waals surface area (Å²) in [6, 6.07) is 6.52. The number of rotatable bonds is 2. The Hall–Kier alpha value is -1.31. The molecule has 1 aromatic rings. The summed E-state index contributed by atoms with van der Waals surface area (Å²) < 4.78 is 0. The highest BCUT2D eigenvalue weighted by atomic mass is 16.4. The smallest absolute Gasteiger partial charge is 0.307 e. The van der Waals surface area contributed by atoms with E-state index in [1.54, 1.807) is 0 Å². The highest BCUT2D eigenvalue weighted by Gasteiger charge is 2.50. The van der Waals surface area contributed by atoms with Crippen molar-refractivity contribution in [2.45, 2.75) is 47.0 Å². The zero-order chi connectivity index (χ0) is 14.4. The average molecular weight is 260 g/mol. The van der Waals surface area contributed by atoms with Gasteiger partial charge in [0, 0.05) is 0 Å². The first-order valence-corrected chi connectivity index (χ1v) is 7.05. The van der Waals surface area contributed by atoms with Crippen LogP contribution >= 0.6 is 0 Å². The molecule has 1 saturated carbocycles. The van der Waals surface area contributed by atoms with Gasteiger partial charge in [0.1, 0.15) is 0 Å². The third-order valence-electron chi connectivity index (χ3n) is 5.29. The van der Waals surface area contributed by atoms with E-state index in [-0.39, 0.29) is 11.3 Å². The molecule has 0 radical (unpaired) electrons. The molecule has 0 saturated heterocycles. The Kier molecular flexibility index (Phi) is 3.46. The maximum atomic E-state index is 11.5. The Bertz CT molecular complexity index is 502. The van der Waals surface area contributed by atoms with Crippen molar-refractivity contribution in [2.75, 3.05) is 0 Å². The van der Waals surface area contributed by atoms with E-state index in [0.29, 0.717) is 11.8 Å². The fourth-order valence-corrected chi connectivity index (χ4v) is 3.65. The maximum Gasteiger partial charge on any atom is 0.307 e. The van der Waals surface area contributed by atoms with Gasteiger partial charge in [-0.05, 0) is 48.6 Å². The Labute approximate surface area is 115 Å². The molecule has 0 spiro atoms. The first-order valence-electron chi connectivity index (χ1n) is 7.05. The van der Waals surface area contributed by atoms with E-state index >= 15 is 0 Å². The van der Waals surface area contributed by atoms with Crippen molar-refractivity contribution in [1.29, 1.82) is 0 Å². The molecule has 2 heteroatoms. The zero-order valence-electron chi connectivity index (χ0n) is 12.5. The highest BCUT2D eigenvalue weighted by molar-refractivity contribution is 5.72. The molecule has 0 amide bonds. The first kappa shape index (κ1) is 14.1. The second-order valence-electron chi connectivity index (χ2n) is 6.70. The molecular weight excluding hydrogens is 236 g/mol. The Morgan fingerprint density at radius 3 is 2.42 bits per heavy atom. The first-order chi connectivity index (χ1) is 8.75. The molecule has 1 fully saturated rings. The van der Waals surface area contributed by atoms with E-state index < -0.39 is 5.97 Å². The molecule has 1 N–H and O–H groups in total. The van der Waals surface area contributed by atoms with Gasteiger partial charge < -0.3 is 5.11 Å². The zero-order valence-corrected chi connectivity index (χ0v) is 12.5. The Morgan fingerprint density at radius 1 is 1.32 bits per heavy atom. The largest absolute Gasteiger partial charge is 0.481 e. The summed E-state index contributed by atoms with van der Waals surface area (Å²) in [5.74, 6) is -0.149. The van der Waals surface area contributed by atoms with Crippen LogP contribution in [0, 0.1) is 31.1 Å². The minimum atomic E-state index is -0.649. The minimum absolute atomic E-state index is 0.145. The van der Waals surface area contributed by atoms with Gasteiger partial charge in [0.25, 0.3) is 0 Å². The van der Waals surface area contributed by atoms with E-state index in [9.17, 15) is 9.90 Å². The van der Waals surface area contributed by atoms with Crippen LogP contribution in [0.4, 0.5) is 0 Å². The number of benzene rings is 1. The average Bonchev–Trinajstić information content (AvgIpc) is 2.52. The summed E-state index contributed by atoms with van der Waals surface area (Å²) in [5.41, 5.74) is 3.74. The van der Waals surface area contributed by atoms with E-state index in [4.69, 9.17) is 0 Å². The molecule has 3 unspecified atom stereocenters. The van der Waals surface area contributed by atoms with Crippen LogP contribution in [0.2, 0.25) is 0 Å². The molecule has 0 aliphatic heterocycles. The van der Waals surface area contributed by atoms with Crippen molar-refractivity contribution in [3.8, 4) is 0 Å². The third-order valence-corrected chi connectivity index (χ3v) is 5.29. The minimum Gasteiger partial charge on any atom is -0.481 e.